The third kappa shape index (κ3) is 7.22. The summed E-state index contributed by atoms with van der Waals surface area (Å²) in [6.45, 7) is 0. The van der Waals surface area contributed by atoms with Gasteiger partial charge in [-0.15, -0.1) is 0 Å². The lowest BCUT2D eigenvalue weighted by Crippen LogP contribution is -2.11. The molecule has 0 atom stereocenters. The number of hydrogen-bond acceptors (Lipinski definition) is 1. The van der Waals surface area contributed by atoms with Gasteiger partial charge in [0.05, 0.1) is 22.4 Å². The predicted molar refractivity (Wildman–Crippen MR) is 298 cm³/mol. The van der Waals surface area contributed by atoms with Gasteiger partial charge in [-0.05, 0) is 109 Å². The number of benzene rings is 12. The fraction of sp³-hybridized carbons (Fsp3) is 0. The summed E-state index contributed by atoms with van der Waals surface area (Å²) in [4.78, 5) is 2.42. The van der Waals surface area contributed by atoms with E-state index in [0.717, 1.165) is 33.9 Å². The Morgan fingerprint density at radius 1 is 0.257 bits per heavy atom. The van der Waals surface area contributed by atoms with Gasteiger partial charge in [-0.2, -0.15) is 0 Å². The summed E-state index contributed by atoms with van der Waals surface area (Å²) in [5.41, 5.74) is 18.6. The lowest BCUT2D eigenvalue weighted by Gasteiger charge is -2.28. The molecule has 0 fully saturated rings. The van der Waals surface area contributed by atoms with Crippen LogP contribution >= 0.6 is 0 Å². The molecule has 0 aliphatic heterocycles. The van der Waals surface area contributed by atoms with Crippen molar-refractivity contribution >= 4 is 60.4 Å². The minimum absolute atomic E-state index is 1.07. The predicted octanol–water partition coefficient (Wildman–Crippen LogP) is 18.9. The highest BCUT2D eigenvalue weighted by atomic mass is 15.1. The third-order valence-electron chi connectivity index (χ3n) is 14.0. The first-order valence-corrected chi connectivity index (χ1v) is 24.1. The van der Waals surface area contributed by atoms with Gasteiger partial charge in [0.15, 0.2) is 0 Å². The first kappa shape index (κ1) is 41.0. The number of para-hydroxylation sites is 2. The van der Waals surface area contributed by atoms with Crippen LogP contribution in [-0.2, 0) is 0 Å². The maximum Gasteiger partial charge on any atom is 0.0619 e. The van der Waals surface area contributed by atoms with Gasteiger partial charge in [0, 0.05) is 38.7 Å². The van der Waals surface area contributed by atoms with Gasteiger partial charge in [0.2, 0.25) is 0 Å². The highest BCUT2D eigenvalue weighted by Crippen LogP contribution is 2.45. The largest absolute Gasteiger partial charge is 0.310 e. The minimum atomic E-state index is 1.07. The summed E-state index contributed by atoms with van der Waals surface area (Å²) < 4.78 is 2.49. The Bertz CT molecular complexity index is 4010. The Hall–Kier alpha value is -9.24. The first-order valence-electron chi connectivity index (χ1n) is 24.1. The van der Waals surface area contributed by atoms with Crippen molar-refractivity contribution in [2.24, 2.45) is 0 Å². The van der Waals surface area contributed by atoms with E-state index in [4.69, 9.17) is 0 Å². The second kappa shape index (κ2) is 17.4. The Labute approximate surface area is 408 Å². The molecule has 12 aromatic carbocycles. The minimum Gasteiger partial charge on any atom is -0.310 e. The van der Waals surface area contributed by atoms with E-state index in [1.54, 1.807) is 0 Å². The zero-order chi connectivity index (χ0) is 46.4. The molecular formula is C68H46N2. The fourth-order valence-electron chi connectivity index (χ4n) is 10.6. The lowest BCUT2D eigenvalue weighted by atomic mass is 9.95. The average Bonchev–Trinajstić information content (AvgIpc) is 3.79. The molecule has 328 valence electrons. The van der Waals surface area contributed by atoms with Crippen molar-refractivity contribution in [3.05, 3.63) is 279 Å². The molecule has 0 aliphatic carbocycles. The molecule has 1 aromatic heterocycles. The van der Waals surface area contributed by atoms with Crippen LogP contribution in [0.15, 0.2) is 279 Å². The summed E-state index contributed by atoms with van der Waals surface area (Å²) in [7, 11) is 0. The molecule has 1 heterocycles. The molecule has 0 spiro atoms. The maximum absolute atomic E-state index is 2.49. The van der Waals surface area contributed by atoms with E-state index in [2.05, 4.69) is 289 Å². The topological polar surface area (TPSA) is 8.17 Å². The number of hydrogen-bond donors (Lipinski definition) is 0. The number of fused-ring (bicyclic) bond motifs is 6. The van der Waals surface area contributed by atoms with Crippen LogP contribution in [0, 0.1) is 0 Å². The monoisotopic (exact) mass is 890 g/mol. The van der Waals surface area contributed by atoms with E-state index in [1.165, 1.54) is 87.9 Å². The number of rotatable bonds is 9. The van der Waals surface area contributed by atoms with Gasteiger partial charge in [-0.3, -0.25) is 0 Å². The zero-order valence-corrected chi connectivity index (χ0v) is 38.5. The van der Waals surface area contributed by atoms with Gasteiger partial charge in [-0.1, -0.05) is 231 Å². The highest BCUT2D eigenvalue weighted by molar-refractivity contribution is 6.19. The first-order chi connectivity index (χ1) is 34.7. The van der Waals surface area contributed by atoms with Crippen LogP contribution < -0.4 is 4.90 Å². The van der Waals surface area contributed by atoms with Crippen molar-refractivity contribution in [1.82, 2.24) is 4.57 Å². The van der Waals surface area contributed by atoms with Crippen molar-refractivity contribution in [3.63, 3.8) is 0 Å². The third-order valence-corrected chi connectivity index (χ3v) is 14.0. The summed E-state index contributed by atoms with van der Waals surface area (Å²) in [5.74, 6) is 0. The molecule has 13 aromatic rings. The van der Waals surface area contributed by atoms with Crippen LogP contribution in [0.2, 0.25) is 0 Å². The molecule has 0 saturated carbocycles. The van der Waals surface area contributed by atoms with E-state index in [0.29, 0.717) is 0 Å². The van der Waals surface area contributed by atoms with Gasteiger partial charge < -0.3 is 9.47 Å². The Kier molecular flexibility index (Phi) is 10.2. The normalized spacial score (nSPS) is 11.4. The molecule has 70 heavy (non-hydrogen) atoms. The number of anilines is 3. The zero-order valence-electron chi connectivity index (χ0n) is 38.5. The molecule has 0 radical (unpaired) electrons. The standard InChI is InChI=1S/C68H46N2/c1-3-16-47(17-4-1)49-30-32-50(33-31-49)51-34-40-56(41-35-51)69(65-28-13-11-25-61(65)60-27-15-22-52-20-7-9-23-58(52)60)57-42-36-54(37-43-57)64-46-55(48-18-5-2-6-19-48)39-45-67(64)70-66-29-14-12-26-62(66)63-44-38-53-21-8-10-24-59(53)68(63)70/h1-46H. The molecule has 2 heteroatoms. The summed E-state index contributed by atoms with van der Waals surface area (Å²) in [6.07, 6.45) is 0. The molecule has 2 nitrogen and oxygen atoms in total. The molecule has 0 amide bonds. The van der Waals surface area contributed by atoms with E-state index in [-0.39, 0.29) is 0 Å². The van der Waals surface area contributed by atoms with Crippen molar-refractivity contribution in [2.75, 3.05) is 4.90 Å². The fourth-order valence-corrected chi connectivity index (χ4v) is 10.6. The van der Waals surface area contributed by atoms with Crippen molar-refractivity contribution in [3.8, 4) is 61.3 Å². The molecule has 13 rings (SSSR count). The van der Waals surface area contributed by atoms with Crippen molar-refractivity contribution < 1.29 is 0 Å². The summed E-state index contributed by atoms with van der Waals surface area (Å²) in [6, 6.07) is 102. The number of nitrogens with zero attached hydrogens (tertiary/aromatic N) is 2. The van der Waals surface area contributed by atoms with Crippen molar-refractivity contribution in [2.45, 2.75) is 0 Å². The number of aromatic nitrogens is 1. The van der Waals surface area contributed by atoms with Crippen LogP contribution in [0.1, 0.15) is 0 Å². The highest BCUT2D eigenvalue weighted by Gasteiger charge is 2.21. The van der Waals surface area contributed by atoms with Crippen molar-refractivity contribution in [1.29, 1.82) is 0 Å². The van der Waals surface area contributed by atoms with E-state index >= 15 is 0 Å². The van der Waals surface area contributed by atoms with Gasteiger partial charge >= 0.3 is 0 Å². The Morgan fingerprint density at radius 2 is 0.729 bits per heavy atom. The quantitative estimate of drug-likeness (QED) is 0.140. The van der Waals surface area contributed by atoms with E-state index < -0.39 is 0 Å². The van der Waals surface area contributed by atoms with E-state index in [9.17, 15) is 0 Å². The molecule has 0 N–H and O–H groups in total. The van der Waals surface area contributed by atoms with E-state index in [1.807, 2.05) is 0 Å². The second-order valence-corrected chi connectivity index (χ2v) is 18.0. The maximum atomic E-state index is 2.49. The van der Waals surface area contributed by atoms with Crippen LogP contribution in [0.5, 0.6) is 0 Å². The second-order valence-electron chi connectivity index (χ2n) is 18.0. The van der Waals surface area contributed by atoms with Crippen LogP contribution in [0.25, 0.3) is 105 Å². The molecule has 0 unspecified atom stereocenters. The van der Waals surface area contributed by atoms with Crippen LogP contribution in [0.4, 0.5) is 17.1 Å². The van der Waals surface area contributed by atoms with Gasteiger partial charge in [0.25, 0.3) is 0 Å². The summed E-state index contributed by atoms with van der Waals surface area (Å²) in [5, 5.41) is 7.40. The summed E-state index contributed by atoms with van der Waals surface area (Å²) >= 11 is 0. The average molecular weight is 891 g/mol. The molecule has 0 aliphatic rings. The molecular weight excluding hydrogens is 845 g/mol. The van der Waals surface area contributed by atoms with Crippen LogP contribution in [-0.4, -0.2) is 4.57 Å². The SMILES string of the molecule is c1ccc(-c2ccc(-c3ccc(N(c4ccc(-c5cc(-c6ccccc6)ccc5-n5c6ccccc6c6ccc7ccccc7c65)cc4)c4ccccc4-c4cccc5ccccc45)cc3)cc2)cc1. The lowest BCUT2D eigenvalue weighted by molar-refractivity contribution is 1.19. The van der Waals surface area contributed by atoms with Crippen LogP contribution in [0.3, 0.4) is 0 Å². The van der Waals surface area contributed by atoms with Gasteiger partial charge in [-0.25, -0.2) is 0 Å². The van der Waals surface area contributed by atoms with Gasteiger partial charge in [0.1, 0.15) is 0 Å². The Morgan fingerprint density at radius 3 is 1.41 bits per heavy atom. The smallest absolute Gasteiger partial charge is 0.0619 e. The molecule has 0 saturated heterocycles. The molecule has 0 bridgehead atoms. The Balaban J connectivity index is 0.975.